The summed E-state index contributed by atoms with van der Waals surface area (Å²) in [6.45, 7) is 9.51. The Morgan fingerprint density at radius 2 is 1.92 bits per heavy atom. The third-order valence-electron chi connectivity index (χ3n) is 3.06. The number of aliphatic imine (C=N–C) groups is 1. The van der Waals surface area contributed by atoms with E-state index in [2.05, 4.69) is 32.7 Å². The van der Waals surface area contributed by atoms with E-state index in [9.17, 15) is 0 Å². The number of amidine groups is 1. The molecule has 1 saturated carbocycles. The van der Waals surface area contributed by atoms with E-state index in [1.807, 2.05) is 0 Å². The summed E-state index contributed by atoms with van der Waals surface area (Å²) in [7, 11) is 0. The minimum atomic E-state index is 0.0316. The van der Waals surface area contributed by atoms with Crippen LogP contribution in [-0.2, 0) is 0 Å². The molecular weight excluding hydrogens is 160 g/mol. The maximum atomic E-state index is 5.89. The molecule has 2 heteroatoms. The molecule has 1 fully saturated rings. The summed E-state index contributed by atoms with van der Waals surface area (Å²) in [5, 5.41) is 0. The number of hydrogen-bond acceptors (Lipinski definition) is 1. The Hall–Kier alpha value is -0.530. The fraction of sp³-hybridized carbons (Fsp3) is 0.909. The van der Waals surface area contributed by atoms with Crippen LogP contribution in [0.3, 0.4) is 0 Å². The molecule has 76 valence electrons. The first-order valence-electron chi connectivity index (χ1n) is 5.20. The molecule has 0 aromatic carbocycles. The van der Waals surface area contributed by atoms with Crippen molar-refractivity contribution in [2.45, 2.75) is 47.0 Å². The van der Waals surface area contributed by atoms with Gasteiger partial charge >= 0.3 is 0 Å². The van der Waals surface area contributed by atoms with Crippen molar-refractivity contribution in [1.29, 1.82) is 0 Å². The first-order chi connectivity index (χ1) is 5.90. The summed E-state index contributed by atoms with van der Waals surface area (Å²) >= 11 is 0. The molecule has 1 aliphatic rings. The van der Waals surface area contributed by atoms with Crippen LogP contribution in [0.4, 0.5) is 0 Å². The average molecular weight is 182 g/mol. The Bertz CT molecular complexity index is 207. The first-order valence-corrected chi connectivity index (χ1v) is 5.20. The van der Waals surface area contributed by atoms with Gasteiger partial charge in [0, 0.05) is 12.0 Å². The van der Waals surface area contributed by atoms with Crippen LogP contribution in [0.2, 0.25) is 0 Å². The molecule has 0 aromatic heterocycles. The van der Waals surface area contributed by atoms with Crippen molar-refractivity contribution in [3.8, 4) is 0 Å². The van der Waals surface area contributed by atoms with Gasteiger partial charge in [0.25, 0.3) is 0 Å². The molecule has 13 heavy (non-hydrogen) atoms. The van der Waals surface area contributed by atoms with Gasteiger partial charge in [0.05, 0.1) is 5.84 Å². The van der Waals surface area contributed by atoms with Crippen LogP contribution in [0.1, 0.15) is 47.0 Å². The maximum Gasteiger partial charge on any atom is 0.0991 e. The van der Waals surface area contributed by atoms with Crippen LogP contribution < -0.4 is 5.73 Å². The zero-order valence-corrected chi connectivity index (χ0v) is 9.35. The predicted octanol–water partition coefficient (Wildman–Crippen LogP) is 2.58. The Balaban J connectivity index is 2.48. The lowest BCUT2D eigenvalue weighted by molar-refractivity contribution is 0.498. The molecular formula is C11H22N2. The molecule has 0 amide bonds. The molecule has 2 nitrogen and oxygen atoms in total. The molecule has 0 spiro atoms. The summed E-state index contributed by atoms with van der Waals surface area (Å²) in [5.41, 5.74) is 6.45. The molecule has 2 N–H and O–H groups in total. The zero-order chi connectivity index (χ0) is 10.1. The molecule has 0 saturated heterocycles. The predicted molar refractivity (Wildman–Crippen MR) is 57.9 cm³/mol. The average Bonchev–Trinajstić information content (AvgIpc) is 2.79. The number of nitrogens with zero attached hydrogens (tertiary/aromatic N) is 1. The van der Waals surface area contributed by atoms with E-state index in [1.54, 1.807) is 0 Å². The molecule has 0 aliphatic heterocycles. The van der Waals surface area contributed by atoms with E-state index in [4.69, 9.17) is 5.73 Å². The lowest BCUT2D eigenvalue weighted by Crippen LogP contribution is -2.29. The van der Waals surface area contributed by atoms with Crippen LogP contribution in [-0.4, -0.2) is 12.4 Å². The van der Waals surface area contributed by atoms with E-state index >= 15 is 0 Å². The lowest BCUT2D eigenvalue weighted by Gasteiger charge is -2.18. The van der Waals surface area contributed by atoms with E-state index in [1.165, 1.54) is 19.3 Å². The third kappa shape index (κ3) is 2.71. The molecule has 0 heterocycles. The highest BCUT2D eigenvalue weighted by Crippen LogP contribution is 2.48. The second-order valence-corrected chi connectivity index (χ2v) is 5.31. The summed E-state index contributed by atoms with van der Waals surface area (Å²) in [6, 6.07) is 0. The Labute approximate surface area is 81.6 Å². The summed E-state index contributed by atoms with van der Waals surface area (Å²) in [6.07, 6.45) is 3.92. The zero-order valence-electron chi connectivity index (χ0n) is 9.35. The van der Waals surface area contributed by atoms with E-state index in [0.717, 1.165) is 12.4 Å². The standard InChI is InChI=1S/C11H22N2/c1-5-11(6-7-11)8-13-9(12)10(2,3)4/h5-8H2,1-4H3,(H2,12,13). The molecule has 0 unspecified atom stereocenters. The highest BCUT2D eigenvalue weighted by Gasteiger charge is 2.40. The van der Waals surface area contributed by atoms with Gasteiger partial charge in [-0.3, -0.25) is 4.99 Å². The molecule has 0 aromatic rings. The largest absolute Gasteiger partial charge is 0.387 e. The number of nitrogens with two attached hydrogens (primary N) is 1. The molecule has 1 aliphatic carbocycles. The molecule has 0 atom stereocenters. The van der Waals surface area contributed by atoms with Gasteiger partial charge in [0.15, 0.2) is 0 Å². The van der Waals surface area contributed by atoms with Gasteiger partial charge in [-0.05, 0) is 24.7 Å². The van der Waals surface area contributed by atoms with Gasteiger partial charge in [-0.1, -0.05) is 27.7 Å². The number of hydrogen-bond donors (Lipinski definition) is 1. The SMILES string of the molecule is CCC1(CN=C(N)C(C)(C)C)CC1. The van der Waals surface area contributed by atoms with Crippen molar-refractivity contribution >= 4 is 5.84 Å². The van der Waals surface area contributed by atoms with Crippen molar-refractivity contribution < 1.29 is 0 Å². The summed E-state index contributed by atoms with van der Waals surface area (Å²) in [4.78, 5) is 4.49. The van der Waals surface area contributed by atoms with Gasteiger partial charge in [-0.15, -0.1) is 0 Å². The molecule has 0 bridgehead atoms. The van der Waals surface area contributed by atoms with Gasteiger partial charge in [0.2, 0.25) is 0 Å². The van der Waals surface area contributed by atoms with E-state index in [0.29, 0.717) is 5.41 Å². The quantitative estimate of drug-likeness (QED) is 0.529. The monoisotopic (exact) mass is 182 g/mol. The normalized spacial score (nSPS) is 21.7. The van der Waals surface area contributed by atoms with E-state index < -0.39 is 0 Å². The fourth-order valence-corrected chi connectivity index (χ4v) is 1.29. The van der Waals surface area contributed by atoms with Gasteiger partial charge in [0.1, 0.15) is 0 Å². The van der Waals surface area contributed by atoms with Gasteiger partial charge in [-0.2, -0.15) is 0 Å². The van der Waals surface area contributed by atoms with Crippen LogP contribution in [0.15, 0.2) is 4.99 Å². The van der Waals surface area contributed by atoms with Crippen LogP contribution in [0.5, 0.6) is 0 Å². The van der Waals surface area contributed by atoms with Crippen LogP contribution >= 0.6 is 0 Å². The van der Waals surface area contributed by atoms with Crippen LogP contribution in [0, 0.1) is 10.8 Å². The van der Waals surface area contributed by atoms with Gasteiger partial charge in [-0.25, -0.2) is 0 Å². The topological polar surface area (TPSA) is 38.4 Å². The Kier molecular flexibility index (Phi) is 2.69. The first kappa shape index (κ1) is 10.6. The minimum absolute atomic E-state index is 0.0316. The second-order valence-electron chi connectivity index (χ2n) is 5.31. The third-order valence-corrected chi connectivity index (χ3v) is 3.06. The summed E-state index contributed by atoms with van der Waals surface area (Å²) in [5.74, 6) is 0.798. The van der Waals surface area contributed by atoms with E-state index in [-0.39, 0.29) is 5.41 Å². The summed E-state index contributed by atoms with van der Waals surface area (Å²) < 4.78 is 0. The smallest absolute Gasteiger partial charge is 0.0991 e. The van der Waals surface area contributed by atoms with Crippen molar-refractivity contribution in [2.24, 2.45) is 21.6 Å². The van der Waals surface area contributed by atoms with Crippen molar-refractivity contribution in [3.63, 3.8) is 0 Å². The van der Waals surface area contributed by atoms with Crippen molar-refractivity contribution in [3.05, 3.63) is 0 Å². The van der Waals surface area contributed by atoms with Crippen molar-refractivity contribution in [1.82, 2.24) is 0 Å². The number of rotatable bonds is 3. The maximum absolute atomic E-state index is 5.89. The minimum Gasteiger partial charge on any atom is -0.387 e. The Morgan fingerprint density at radius 1 is 1.38 bits per heavy atom. The lowest BCUT2D eigenvalue weighted by atomic mass is 9.95. The van der Waals surface area contributed by atoms with Crippen molar-refractivity contribution in [2.75, 3.05) is 6.54 Å². The molecule has 0 radical (unpaired) electrons. The van der Waals surface area contributed by atoms with Crippen LogP contribution in [0.25, 0.3) is 0 Å². The fourth-order valence-electron chi connectivity index (χ4n) is 1.29. The molecule has 1 rings (SSSR count). The highest BCUT2D eigenvalue weighted by atomic mass is 14.9. The Morgan fingerprint density at radius 3 is 2.23 bits per heavy atom. The second kappa shape index (κ2) is 3.32. The van der Waals surface area contributed by atoms with Gasteiger partial charge < -0.3 is 5.73 Å². The highest BCUT2D eigenvalue weighted by molar-refractivity contribution is 5.85.